The molecule has 1 unspecified atom stereocenters. The highest BCUT2D eigenvalue weighted by Crippen LogP contribution is 2.27. The average molecular weight is 143 g/mol. The van der Waals surface area contributed by atoms with Crippen LogP contribution >= 0.6 is 0 Å². The van der Waals surface area contributed by atoms with Crippen molar-refractivity contribution in [2.24, 2.45) is 17.1 Å². The second-order valence-electron chi connectivity index (χ2n) is 4.38. The van der Waals surface area contributed by atoms with Gasteiger partial charge in [-0.2, -0.15) is 0 Å². The Hall–Kier alpha value is -0.0400. The van der Waals surface area contributed by atoms with Gasteiger partial charge in [0.2, 0.25) is 0 Å². The SMILES string of the molecule is CC(C)CC(C)(C)C(C)N. The van der Waals surface area contributed by atoms with Crippen LogP contribution in [-0.2, 0) is 0 Å². The molecule has 0 heterocycles. The molecule has 0 aromatic rings. The highest BCUT2D eigenvalue weighted by atomic mass is 14.7. The quantitative estimate of drug-likeness (QED) is 0.645. The van der Waals surface area contributed by atoms with E-state index >= 15 is 0 Å². The van der Waals surface area contributed by atoms with E-state index in [-0.39, 0.29) is 0 Å². The summed E-state index contributed by atoms with van der Waals surface area (Å²) in [6.45, 7) is 11.0. The minimum absolute atomic E-state index is 0.300. The van der Waals surface area contributed by atoms with Gasteiger partial charge < -0.3 is 5.73 Å². The molecule has 1 nitrogen and oxygen atoms in total. The van der Waals surface area contributed by atoms with Crippen LogP contribution in [0.2, 0.25) is 0 Å². The molecule has 0 radical (unpaired) electrons. The van der Waals surface area contributed by atoms with Crippen molar-refractivity contribution in [2.45, 2.75) is 47.1 Å². The van der Waals surface area contributed by atoms with Gasteiger partial charge in [-0.15, -0.1) is 0 Å². The average Bonchev–Trinajstić information content (AvgIpc) is 1.60. The van der Waals surface area contributed by atoms with Gasteiger partial charge in [0.25, 0.3) is 0 Å². The molecular weight excluding hydrogens is 122 g/mol. The molecule has 0 aromatic carbocycles. The summed E-state index contributed by atoms with van der Waals surface area (Å²) in [5.74, 6) is 0.751. The van der Waals surface area contributed by atoms with Crippen molar-refractivity contribution in [1.29, 1.82) is 0 Å². The Balaban J connectivity index is 3.87. The molecule has 0 aliphatic heterocycles. The third-order valence-electron chi connectivity index (χ3n) is 2.17. The molecule has 1 heteroatoms. The molecule has 1 atom stereocenters. The van der Waals surface area contributed by atoms with Gasteiger partial charge in [-0.1, -0.05) is 27.7 Å². The molecular formula is C9H21N. The second kappa shape index (κ2) is 3.38. The minimum atomic E-state index is 0.300. The van der Waals surface area contributed by atoms with Gasteiger partial charge in [0.15, 0.2) is 0 Å². The highest BCUT2D eigenvalue weighted by molar-refractivity contribution is 4.78. The number of hydrogen-bond donors (Lipinski definition) is 1. The summed E-state index contributed by atoms with van der Waals surface area (Å²) in [6, 6.07) is 0.301. The van der Waals surface area contributed by atoms with Gasteiger partial charge in [-0.05, 0) is 24.7 Å². The van der Waals surface area contributed by atoms with E-state index in [2.05, 4.69) is 34.6 Å². The molecule has 0 fully saturated rings. The van der Waals surface area contributed by atoms with Crippen molar-refractivity contribution in [3.63, 3.8) is 0 Å². The Kier molecular flexibility index (Phi) is 3.37. The monoisotopic (exact) mass is 143 g/mol. The van der Waals surface area contributed by atoms with Crippen molar-refractivity contribution in [3.8, 4) is 0 Å². The molecule has 0 aliphatic rings. The normalized spacial score (nSPS) is 15.9. The van der Waals surface area contributed by atoms with Crippen LogP contribution in [0.1, 0.15) is 41.0 Å². The van der Waals surface area contributed by atoms with E-state index in [0.29, 0.717) is 11.5 Å². The van der Waals surface area contributed by atoms with Crippen molar-refractivity contribution >= 4 is 0 Å². The first-order valence-electron chi connectivity index (χ1n) is 4.12. The van der Waals surface area contributed by atoms with Crippen molar-refractivity contribution in [2.75, 3.05) is 0 Å². The third-order valence-corrected chi connectivity index (χ3v) is 2.17. The predicted molar refractivity (Wildman–Crippen MR) is 46.9 cm³/mol. The number of nitrogens with two attached hydrogens (primary N) is 1. The first-order chi connectivity index (χ1) is 4.36. The summed E-state index contributed by atoms with van der Waals surface area (Å²) in [5.41, 5.74) is 6.12. The lowest BCUT2D eigenvalue weighted by atomic mass is 9.79. The minimum Gasteiger partial charge on any atom is -0.327 e. The van der Waals surface area contributed by atoms with Crippen molar-refractivity contribution < 1.29 is 0 Å². The van der Waals surface area contributed by atoms with Crippen LogP contribution in [0.5, 0.6) is 0 Å². The summed E-state index contributed by atoms with van der Waals surface area (Å²) < 4.78 is 0. The first kappa shape index (κ1) is 9.96. The van der Waals surface area contributed by atoms with E-state index < -0.39 is 0 Å². The standard InChI is InChI=1S/C9H21N/c1-7(2)6-9(4,5)8(3)10/h7-8H,6,10H2,1-5H3. The molecule has 62 valence electrons. The maximum Gasteiger partial charge on any atom is 0.00618 e. The zero-order chi connectivity index (χ0) is 8.36. The molecule has 0 bridgehead atoms. The molecule has 0 saturated carbocycles. The summed E-state index contributed by atoms with van der Waals surface area (Å²) in [6.07, 6.45) is 1.21. The Morgan fingerprint density at radius 2 is 1.60 bits per heavy atom. The van der Waals surface area contributed by atoms with Gasteiger partial charge in [0, 0.05) is 6.04 Å². The molecule has 10 heavy (non-hydrogen) atoms. The van der Waals surface area contributed by atoms with E-state index in [0.717, 1.165) is 5.92 Å². The summed E-state index contributed by atoms with van der Waals surface area (Å²) in [5, 5.41) is 0. The molecule has 2 N–H and O–H groups in total. The lowest BCUT2D eigenvalue weighted by molar-refractivity contribution is 0.241. The Morgan fingerprint density at radius 1 is 1.20 bits per heavy atom. The third kappa shape index (κ3) is 3.21. The summed E-state index contributed by atoms with van der Waals surface area (Å²) >= 11 is 0. The fourth-order valence-corrected chi connectivity index (χ4v) is 1.24. The molecule has 0 aliphatic carbocycles. The maximum atomic E-state index is 5.82. The lowest BCUT2D eigenvalue weighted by Gasteiger charge is -2.30. The van der Waals surface area contributed by atoms with E-state index in [1.54, 1.807) is 0 Å². The van der Waals surface area contributed by atoms with Crippen molar-refractivity contribution in [3.05, 3.63) is 0 Å². The zero-order valence-corrected chi connectivity index (χ0v) is 7.94. The topological polar surface area (TPSA) is 26.0 Å². The Labute approximate surface area is 65.0 Å². The van der Waals surface area contributed by atoms with Gasteiger partial charge in [0.05, 0.1) is 0 Å². The van der Waals surface area contributed by atoms with E-state index in [9.17, 15) is 0 Å². The lowest BCUT2D eigenvalue weighted by Crippen LogP contribution is -2.35. The molecule has 0 rings (SSSR count). The highest BCUT2D eigenvalue weighted by Gasteiger charge is 2.23. The zero-order valence-electron chi connectivity index (χ0n) is 7.94. The summed E-state index contributed by atoms with van der Waals surface area (Å²) in [7, 11) is 0. The fraction of sp³-hybridized carbons (Fsp3) is 1.00. The largest absolute Gasteiger partial charge is 0.327 e. The molecule has 0 spiro atoms. The van der Waals surface area contributed by atoms with Gasteiger partial charge >= 0.3 is 0 Å². The first-order valence-corrected chi connectivity index (χ1v) is 4.12. The van der Waals surface area contributed by atoms with E-state index in [4.69, 9.17) is 5.73 Å². The van der Waals surface area contributed by atoms with E-state index in [1.807, 2.05) is 0 Å². The van der Waals surface area contributed by atoms with Crippen LogP contribution in [0.25, 0.3) is 0 Å². The second-order valence-corrected chi connectivity index (χ2v) is 4.38. The predicted octanol–water partition coefficient (Wildman–Crippen LogP) is 2.41. The Morgan fingerprint density at radius 3 is 1.70 bits per heavy atom. The van der Waals surface area contributed by atoms with Gasteiger partial charge in [-0.25, -0.2) is 0 Å². The van der Waals surface area contributed by atoms with Crippen LogP contribution < -0.4 is 5.73 Å². The van der Waals surface area contributed by atoms with Gasteiger partial charge in [0.1, 0.15) is 0 Å². The van der Waals surface area contributed by atoms with Crippen LogP contribution in [0.3, 0.4) is 0 Å². The van der Waals surface area contributed by atoms with Crippen LogP contribution in [0.15, 0.2) is 0 Å². The molecule has 0 aromatic heterocycles. The van der Waals surface area contributed by atoms with Crippen LogP contribution in [0, 0.1) is 11.3 Å². The Bertz CT molecular complexity index is 92.9. The summed E-state index contributed by atoms with van der Waals surface area (Å²) in [4.78, 5) is 0. The molecule has 0 saturated heterocycles. The number of rotatable bonds is 3. The maximum absolute atomic E-state index is 5.82. The van der Waals surface area contributed by atoms with Crippen molar-refractivity contribution in [1.82, 2.24) is 0 Å². The fourth-order valence-electron chi connectivity index (χ4n) is 1.24. The van der Waals surface area contributed by atoms with E-state index in [1.165, 1.54) is 6.42 Å². The van der Waals surface area contributed by atoms with Gasteiger partial charge in [-0.3, -0.25) is 0 Å². The van der Waals surface area contributed by atoms with Crippen LogP contribution in [0.4, 0.5) is 0 Å². The number of hydrogen-bond acceptors (Lipinski definition) is 1. The smallest absolute Gasteiger partial charge is 0.00618 e. The van der Waals surface area contributed by atoms with Crippen LogP contribution in [-0.4, -0.2) is 6.04 Å². The molecule has 0 amide bonds.